The highest BCUT2D eigenvalue weighted by molar-refractivity contribution is 5.57. The van der Waals surface area contributed by atoms with Gasteiger partial charge < -0.3 is 9.88 Å². The third kappa shape index (κ3) is 3.40. The van der Waals surface area contributed by atoms with E-state index in [4.69, 9.17) is 0 Å². The fourth-order valence-electron chi connectivity index (χ4n) is 3.78. The van der Waals surface area contributed by atoms with Crippen molar-refractivity contribution in [1.29, 1.82) is 0 Å². The molecule has 1 aliphatic heterocycles. The summed E-state index contributed by atoms with van der Waals surface area (Å²) in [5, 5.41) is 3.22. The highest BCUT2D eigenvalue weighted by atomic mass is 19.1. The van der Waals surface area contributed by atoms with E-state index in [0.29, 0.717) is 30.8 Å². The molecule has 4 rings (SSSR count). The molecule has 1 aromatic carbocycles. The highest BCUT2D eigenvalue weighted by Crippen LogP contribution is 2.35. The minimum atomic E-state index is -0.622. The third-order valence-corrected chi connectivity index (χ3v) is 4.99. The van der Waals surface area contributed by atoms with Gasteiger partial charge in [0.25, 0.3) is 5.56 Å². The topological polar surface area (TPSA) is 59.8 Å². The van der Waals surface area contributed by atoms with Crippen LogP contribution >= 0.6 is 0 Å². The van der Waals surface area contributed by atoms with Crippen molar-refractivity contribution in [3.8, 4) is 0 Å². The monoisotopic (exact) mass is 382 g/mol. The second kappa shape index (κ2) is 7.14. The zero-order valence-corrected chi connectivity index (χ0v) is 15.7. The first kappa shape index (κ1) is 18.3. The van der Waals surface area contributed by atoms with Gasteiger partial charge in [-0.05, 0) is 56.0 Å². The summed E-state index contributed by atoms with van der Waals surface area (Å²) in [4.78, 5) is 20.8. The molecule has 0 fully saturated rings. The lowest BCUT2D eigenvalue weighted by atomic mass is 10.0. The first-order valence-electron chi connectivity index (χ1n) is 9.26. The Hall–Kier alpha value is -3.09. The summed E-state index contributed by atoms with van der Waals surface area (Å²) in [5.74, 6) is -0.888. The number of rotatable bonds is 4. The molecule has 0 saturated carbocycles. The van der Waals surface area contributed by atoms with Crippen LogP contribution in [0.5, 0.6) is 0 Å². The first-order valence-corrected chi connectivity index (χ1v) is 9.26. The van der Waals surface area contributed by atoms with E-state index >= 15 is 0 Å². The minimum Gasteiger partial charge on any atom is -0.324 e. The Bertz CT molecular complexity index is 1090. The summed E-state index contributed by atoms with van der Waals surface area (Å²) in [7, 11) is 0. The van der Waals surface area contributed by atoms with E-state index in [9.17, 15) is 13.6 Å². The van der Waals surface area contributed by atoms with E-state index in [-0.39, 0.29) is 11.6 Å². The molecule has 7 heteroatoms. The van der Waals surface area contributed by atoms with Crippen LogP contribution in [0.3, 0.4) is 0 Å². The van der Waals surface area contributed by atoms with Crippen LogP contribution in [0.25, 0.3) is 0 Å². The largest absolute Gasteiger partial charge is 0.324 e. The van der Waals surface area contributed by atoms with E-state index in [2.05, 4.69) is 15.3 Å². The van der Waals surface area contributed by atoms with E-state index in [1.165, 1.54) is 18.2 Å². The molecule has 1 N–H and O–H groups in total. The average molecular weight is 382 g/mol. The van der Waals surface area contributed by atoms with Crippen molar-refractivity contribution in [2.75, 3.05) is 5.32 Å². The van der Waals surface area contributed by atoms with Crippen molar-refractivity contribution in [3.63, 3.8) is 0 Å². The molecule has 0 amide bonds. The maximum atomic E-state index is 13.8. The van der Waals surface area contributed by atoms with Gasteiger partial charge in [-0.3, -0.25) is 9.78 Å². The number of aryl methyl sites for hydroxylation is 3. The standard InChI is InChI=1S/C21H20F2N4O/c1-3-17-18(6-4-12(2)24-17)25-21-26-20(28)11-16-5-7-19(27(16)21)13-8-14(22)10-15(23)9-13/h4,6,8-11,19H,3,5,7H2,1-2H3,(H,25,26,28). The van der Waals surface area contributed by atoms with Crippen LogP contribution < -0.4 is 10.9 Å². The van der Waals surface area contributed by atoms with Gasteiger partial charge in [-0.15, -0.1) is 0 Å². The molecule has 144 valence electrons. The zero-order valence-electron chi connectivity index (χ0n) is 15.7. The van der Waals surface area contributed by atoms with Crippen LogP contribution in [0.1, 0.15) is 42.0 Å². The van der Waals surface area contributed by atoms with E-state index in [1.54, 1.807) is 0 Å². The van der Waals surface area contributed by atoms with Gasteiger partial charge >= 0.3 is 0 Å². The summed E-state index contributed by atoms with van der Waals surface area (Å²) < 4.78 is 29.4. The number of hydrogen-bond donors (Lipinski definition) is 1. The van der Waals surface area contributed by atoms with E-state index in [0.717, 1.165) is 28.8 Å². The Balaban J connectivity index is 1.81. The van der Waals surface area contributed by atoms with Gasteiger partial charge in [-0.2, -0.15) is 4.98 Å². The molecular weight excluding hydrogens is 362 g/mol. The van der Waals surface area contributed by atoms with Gasteiger partial charge in [0.1, 0.15) is 11.6 Å². The summed E-state index contributed by atoms with van der Waals surface area (Å²) in [6.45, 7) is 3.92. The number of hydrogen-bond acceptors (Lipinski definition) is 4. The van der Waals surface area contributed by atoms with Gasteiger partial charge in [-0.25, -0.2) is 8.78 Å². The second-order valence-corrected chi connectivity index (χ2v) is 6.96. The van der Waals surface area contributed by atoms with Gasteiger partial charge in [0.2, 0.25) is 5.95 Å². The van der Waals surface area contributed by atoms with Crippen LogP contribution in [0.4, 0.5) is 20.4 Å². The van der Waals surface area contributed by atoms with Crippen LogP contribution in [-0.4, -0.2) is 14.5 Å². The highest BCUT2D eigenvalue weighted by Gasteiger charge is 2.27. The number of nitrogens with one attached hydrogen (secondary N) is 1. The lowest BCUT2D eigenvalue weighted by Crippen LogP contribution is -2.20. The Labute approximate surface area is 161 Å². The number of anilines is 2. The predicted molar refractivity (Wildman–Crippen MR) is 103 cm³/mol. The zero-order chi connectivity index (χ0) is 19.8. The van der Waals surface area contributed by atoms with Crippen LogP contribution in [0.2, 0.25) is 0 Å². The van der Waals surface area contributed by atoms with Crippen molar-refractivity contribution in [2.24, 2.45) is 0 Å². The van der Waals surface area contributed by atoms with Gasteiger partial charge in [0.15, 0.2) is 0 Å². The fraction of sp³-hybridized carbons (Fsp3) is 0.286. The van der Waals surface area contributed by atoms with Crippen molar-refractivity contribution in [3.05, 3.63) is 81.0 Å². The number of nitrogens with zero attached hydrogens (tertiary/aromatic N) is 3. The first-order chi connectivity index (χ1) is 13.4. The van der Waals surface area contributed by atoms with Gasteiger partial charge in [0.05, 0.1) is 17.4 Å². The lowest BCUT2D eigenvalue weighted by Gasteiger charge is -2.21. The summed E-state index contributed by atoms with van der Waals surface area (Å²) in [6, 6.07) is 8.47. The molecule has 5 nitrogen and oxygen atoms in total. The summed E-state index contributed by atoms with van der Waals surface area (Å²) in [6.07, 6.45) is 1.98. The predicted octanol–water partition coefficient (Wildman–Crippen LogP) is 4.07. The lowest BCUT2D eigenvalue weighted by molar-refractivity contribution is 0.559. The number of benzene rings is 1. The Morgan fingerprint density at radius 1 is 1.14 bits per heavy atom. The summed E-state index contributed by atoms with van der Waals surface area (Å²) >= 11 is 0. The molecule has 0 bridgehead atoms. The normalized spacial score (nSPS) is 15.5. The maximum Gasteiger partial charge on any atom is 0.274 e. The van der Waals surface area contributed by atoms with Crippen molar-refractivity contribution in [1.82, 2.24) is 14.5 Å². The Morgan fingerprint density at radius 3 is 2.61 bits per heavy atom. The van der Waals surface area contributed by atoms with Crippen molar-refractivity contribution >= 4 is 11.6 Å². The second-order valence-electron chi connectivity index (χ2n) is 6.96. The quantitative estimate of drug-likeness (QED) is 0.739. The average Bonchev–Trinajstić information content (AvgIpc) is 3.06. The van der Waals surface area contributed by atoms with Crippen LogP contribution in [-0.2, 0) is 12.8 Å². The molecule has 2 aromatic heterocycles. The molecule has 3 aromatic rings. The SMILES string of the molecule is CCc1nc(C)ccc1Nc1nc(=O)cc2n1C(c1cc(F)cc(F)c1)CC2. The number of aromatic nitrogens is 3. The van der Waals surface area contributed by atoms with Crippen molar-refractivity contribution < 1.29 is 8.78 Å². The molecule has 0 spiro atoms. The Morgan fingerprint density at radius 2 is 1.89 bits per heavy atom. The summed E-state index contributed by atoms with van der Waals surface area (Å²) in [5.41, 5.74) is 3.48. The van der Waals surface area contributed by atoms with Gasteiger partial charge in [-0.1, -0.05) is 6.92 Å². The molecule has 0 aliphatic carbocycles. The minimum absolute atomic E-state index is 0.306. The van der Waals surface area contributed by atoms with E-state index in [1.807, 2.05) is 30.5 Å². The maximum absolute atomic E-state index is 13.8. The molecule has 28 heavy (non-hydrogen) atoms. The third-order valence-electron chi connectivity index (χ3n) is 4.99. The number of halogens is 2. The molecule has 3 heterocycles. The number of fused-ring (bicyclic) bond motifs is 1. The molecule has 1 unspecified atom stereocenters. The fourth-order valence-corrected chi connectivity index (χ4v) is 3.78. The van der Waals surface area contributed by atoms with Crippen LogP contribution in [0.15, 0.2) is 41.2 Å². The molecule has 1 atom stereocenters. The molecule has 1 aliphatic rings. The van der Waals surface area contributed by atoms with Crippen molar-refractivity contribution in [2.45, 2.75) is 39.2 Å². The molecule has 0 radical (unpaired) electrons. The molecule has 0 saturated heterocycles. The molecular formula is C21H20F2N4O. The number of pyridine rings is 1. The smallest absolute Gasteiger partial charge is 0.274 e. The Kier molecular flexibility index (Phi) is 4.66. The van der Waals surface area contributed by atoms with Crippen LogP contribution in [0, 0.1) is 18.6 Å². The van der Waals surface area contributed by atoms with Gasteiger partial charge in [0, 0.05) is 23.5 Å². The van der Waals surface area contributed by atoms with E-state index < -0.39 is 11.6 Å².